The number of aromatic nitrogens is 1. The van der Waals surface area contributed by atoms with E-state index in [-0.39, 0.29) is 5.79 Å². The maximum atomic E-state index is 5.75. The maximum absolute atomic E-state index is 5.75. The molecule has 0 aliphatic carbocycles. The summed E-state index contributed by atoms with van der Waals surface area (Å²) < 4.78 is 11.5. The first-order valence-corrected chi connectivity index (χ1v) is 7.42. The number of piperidine rings is 1. The third-order valence-electron chi connectivity index (χ3n) is 3.80. The minimum absolute atomic E-state index is 0.255. The van der Waals surface area contributed by atoms with Gasteiger partial charge < -0.3 is 9.47 Å². The second-order valence-electron chi connectivity index (χ2n) is 5.13. The van der Waals surface area contributed by atoms with E-state index in [2.05, 4.69) is 23.7 Å². The molecule has 2 aliphatic rings. The van der Waals surface area contributed by atoms with Crippen LogP contribution in [-0.2, 0) is 16.0 Å². The van der Waals surface area contributed by atoms with E-state index in [4.69, 9.17) is 9.47 Å². The van der Waals surface area contributed by atoms with E-state index in [0.717, 1.165) is 45.7 Å². The summed E-state index contributed by atoms with van der Waals surface area (Å²) in [6.07, 6.45) is 1.98. The van der Waals surface area contributed by atoms with E-state index in [1.807, 2.05) is 11.3 Å². The van der Waals surface area contributed by atoms with Crippen LogP contribution in [-0.4, -0.2) is 42.0 Å². The molecular formula is C13H20N2O2S. The van der Waals surface area contributed by atoms with Gasteiger partial charge in [0, 0.05) is 37.4 Å². The fourth-order valence-corrected chi connectivity index (χ4v) is 3.74. The van der Waals surface area contributed by atoms with Gasteiger partial charge in [-0.2, -0.15) is 0 Å². The topological polar surface area (TPSA) is 34.6 Å². The lowest BCUT2D eigenvalue weighted by Gasteiger charge is -2.37. The van der Waals surface area contributed by atoms with Crippen molar-refractivity contribution in [2.24, 2.45) is 0 Å². The normalized spacial score (nSPS) is 23.9. The van der Waals surface area contributed by atoms with Crippen molar-refractivity contribution >= 4 is 11.3 Å². The van der Waals surface area contributed by atoms with Gasteiger partial charge in [0.2, 0.25) is 0 Å². The molecule has 0 radical (unpaired) electrons. The van der Waals surface area contributed by atoms with Crippen molar-refractivity contribution in [3.63, 3.8) is 0 Å². The average molecular weight is 268 g/mol. The molecule has 0 atom stereocenters. The molecule has 0 unspecified atom stereocenters. The molecule has 18 heavy (non-hydrogen) atoms. The molecule has 2 aliphatic heterocycles. The van der Waals surface area contributed by atoms with E-state index < -0.39 is 0 Å². The molecule has 3 heterocycles. The smallest absolute Gasteiger partial charge is 0.170 e. The first kappa shape index (κ1) is 12.5. The van der Waals surface area contributed by atoms with Crippen LogP contribution in [0.15, 0.2) is 0 Å². The lowest BCUT2D eigenvalue weighted by molar-refractivity contribution is -0.185. The molecule has 1 aromatic heterocycles. The predicted molar refractivity (Wildman–Crippen MR) is 70.7 cm³/mol. The van der Waals surface area contributed by atoms with Crippen molar-refractivity contribution in [2.75, 3.05) is 26.3 Å². The number of aryl methyl sites for hydroxylation is 2. The van der Waals surface area contributed by atoms with E-state index in [9.17, 15) is 0 Å². The van der Waals surface area contributed by atoms with Crippen molar-refractivity contribution in [3.05, 3.63) is 15.6 Å². The van der Waals surface area contributed by atoms with Gasteiger partial charge in [0.25, 0.3) is 0 Å². The van der Waals surface area contributed by atoms with Crippen LogP contribution in [0.25, 0.3) is 0 Å². The van der Waals surface area contributed by atoms with Crippen molar-refractivity contribution in [1.82, 2.24) is 9.88 Å². The van der Waals surface area contributed by atoms with Gasteiger partial charge >= 0.3 is 0 Å². The molecule has 100 valence electrons. The zero-order chi connectivity index (χ0) is 12.6. The number of ether oxygens (including phenoxy) is 2. The molecule has 1 aromatic rings. The van der Waals surface area contributed by atoms with Crippen molar-refractivity contribution in [2.45, 2.75) is 39.0 Å². The highest BCUT2D eigenvalue weighted by Gasteiger charge is 2.39. The highest BCUT2D eigenvalue weighted by Crippen LogP contribution is 2.32. The summed E-state index contributed by atoms with van der Waals surface area (Å²) in [7, 11) is 0. The number of nitrogens with zero attached hydrogens (tertiary/aromatic N) is 2. The SMILES string of the molecule is Cc1nc(C)c(CN2CCC3(CC2)OCCO3)s1. The fourth-order valence-electron chi connectivity index (χ4n) is 2.76. The Morgan fingerprint density at radius 3 is 2.44 bits per heavy atom. The molecule has 0 amide bonds. The summed E-state index contributed by atoms with van der Waals surface area (Å²) in [6, 6.07) is 0. The summed E-state index contributed by atoms with van der Waals surface area (Å²) in [6.45, 7) is 8.82. The van der Waals surface area contributed by atoms with Crippen LogP contribution in [0.2, 0.25) is 0 Å². The first-order valence-electron chi connectivity index (χ1n) is 6.60. The van der Waals surface area contributed by atoms with Gasteiger partial charge in [-0.3, -0.25) is 4.90 Å². The lowest BCUT2D eigenvalue weighted by atomic mass is 10.0. The second kappa shape index (κ2) is 4.89. The van der Waals surface area contributed by atoms with Crippen LogP contribution in [0, 0.1) is 13.8 Å². The summed E-state index contributed by atoms with van der Waals surface area (Å²) in [4.78, 5) is 8.37. The second-order valence-corrected chi connectivity index (χ2v) is 6.41. The molecule has 0 N–H and O–H groups in total. The highest BCUT2D eigenvalue weighted by molar-refractivity contribution is 7.11. The van der Waals surface area contributed by atoms with Crippen LogP contribution < -0.4 is 0 Å². The number of thiazole rings is 1. The van der Waals surface area contributed by atoms with Crippen LogP contribution in [0.3, 0.4) is 0 Å². The molecule has 0 bridgehead atoms. The largest absolute Gasteiger partial charge is 0.347 e. The molecule has 0 saturated carbocycles. The predicted octanol–water partition coefficient (Wildman–Crippen LogP) is 2.10. The number of rotatable bonds is 2. The van der Waals surface area contributed by atoms with Crippen molar-refractivity contribution in [3.8, 4) is 0 Å². The van der Waals surface area contributed by atoms with Crippen LogP contribution in [0.5, 0.6) is 0 Å². The van der Waals surface area contributed by atoms with Gasteiger partial charge in [-0.05, 0) is 13.8 Å². The fraction of sp³-hybridized carbons (Fsp3) is 0.769. The van der Waals surface area contributed by atoms with Gasteiger partial charge in [0.15, 0.2) is 5.79 Å². The Morgan fingerprint density at radius 2 is 1.89 bits per heavy atom. The zero-order valence-corrected chi connectivity index (χ0v) is 11.9. The third kappa shape index (κ3) is 2.45. The Balaban J connectivity index is 1.58. The van der Waals surface area contributed by atoms with Crippen molar-refractivity contribution < 1.29 is 9.47 Å². The van der Waals surface area contributed by atoms with Crippen LogP contribution >= 0.6 is 11.3 Å². The molecule has 0 aromatic carbocycles. The van der Waals surface area contributed by atoms with E-state index in [1.165, 1.54) is 15.6 Å². The molecule has 2 fully saturated rings. The first-order chi connectivity index (χ1) is 8.67. The average Bonchev–Trinajstić information content (AvgIpc) is 2.91. The Bertz CT molecular complexity index is 417. The van der Waals surface area contributed by atoms with Gasteiger partial charge in [-0.1, -0.05) is 0 Å². The molecule has 4 nitrogen and oxygen atoms in total. The highest BCUT2D eigenvalue weighted by atomic mass is 32.1. The van der Waals surface area contributed by atoms with Crippen molar-refractivity contribution in [1.29, 1.82) is 0 Å². The molecular weight excluding hydrogens is 248 g/mol. The van der Waals surface area contributed by atoms with Gasteiger partial charge in [-0.15, -0.1) is 11.3 Å². The molecule has 3 rings (SSSR count). The van der Waals surface area contributed by atoms with Crippen LogP contribution in [0.1, 0.15) is 28.4 Å². The minimum atomic E-state index is -0.255. The Labute approximate surface area is 112 Å². The quantitative estimate of drug-likeness (QED) is 0.822. The third-order valence-corrected chi connectivity index (χ3v) is 4.86. The summed E-state index contributed by atoms with van der Waals surface area (Å²) >= 11 is 1.82. The Kier molecular flexibility index (Phi) is 3.40. The summed E-state index contributed by atoms with van der Waals surface area (Å²) in [5.41, 5.74) is 1.19. The monoisotopic (exact) mass is 268 g/mol. The Hall–Kier alpha value is -0.490. The van der Waals surface area contributed by atoms with E-state index >= 15 is 0 Å². The lowest BCUT2D eigenvalue weighted by Crippen LogP contribution is -2.44. The maximum Gasteiger partial charge on any atom is 0.170 e. The minimum Gasteiger partial charge on any atom is -0.347 e. The summed E-state index contributed by atoms with van der Waals surface area (Å²) in [5, 5.41) is 1.17. The number of hydrogen-bond donors (Lipinski definition) is 0. The molecule has 5 heteroatoms. The van der Waals surface area contributed by atoms with Crippen LogP contribution in [0.4, 0.5) is 0 Å². The van der Waals surface area contributed by atoms with Gasteiger partial charge in [0.05, 0.1) is 23.9 Å². The number of likely N-dealkylation sites (tertiary alicyclic amines) is 1. The molecule has 2 saturated heterocycles. The van der Waals surface area contributed by atoms with Gasteiger partial charge in [-0.25, -0.2) is 4.98 Å². The Morgan fingerprint density at radius 1 is 1.22 bits per heavy atom. The standard InChI is InChI=1S/C13H20N2O2S/c1-10-12(18-11(2)14-10)9-15-5-3-13(4-6-15)16-7-8-17-13/h3-9H2,1-2H3. The molecule has 1 spiro atoms. The summed E-state index contributed by atoms with van der Waals surface area (Å²) in [5.74, 6) is -0.255. The van der Waals surface area contributed by atoms with Gasteiger partial charge in [0.1, 0.15) is 0 Å². The van der Waals surface area contributed by atoms with E-state index in [0.29, 0.717) is 0 Å². The zero-order valence-electron chi connectivity index (χ0n) is 11.1. The van der Waals surface area contributed by atoms with E-state index in [1.54, 1.807) is 0 Å². The number of hydrogen-bond acceptors (Lipinski definition) is 5.